The third-order valence-corrected chi connectivity index (χ3v) is 5.04. The molecule has 2 aliphatic rings. The van der Waals surface area contributed by atoms with E-state index in [1.807, 2.05) is 17.5 Å². The number of nitrogens with zero attached hydrogens (tertiary/aromatic N) is 4. The van der Waals surface area contributed by atoms with Crippen LogP contribution >= 0.6 is 11.3 Å². The second-order valence-electron chi connectivity index (χ2n) is 5.84. The smallest absolute Gasteiger partial charge is 0.346 e. The van der Waals surface area contributed by atoms with Crippen molar-refractivity contribution >= 4 is 17.2 Å². The highest BCUT2D eigenvalue weighted by molar-refractivity contribution is 7.13. The van der Waals surface area contributed by atoms with E-state index >= 15 is 0 Å². The van der Waals surface area contributed by atoms with E-state index in [0.717, 1.165) is 17.7 Å². The standard InChI is InChI=1S/C15H18N4O3S/c20-13(17-5-7-22-8-6-17)10-18-15(21)19(11-3-4-11)14(16-18)12-2-1-9-23-12/h1-2,9,11H,3-8,10H2. The second-order valence-corrected chi connectivity index (χ2v) is 6.78. The Hall–Kier alpha value is -1.93. The minimum atomic E-state index is -0.183. The zero-order valence-electron chi connectivity index (χ0n) is 12.7. The van der Waals surface area contributed by atoms with E-state index in [2.05, 4.69) is 5.10 Å². The maximum Gasteiger partial charge on any atom is 0.346 e. The molecule has 1 aliphatic heterocycles. The lowest BCUT2D eigenvalue weighted by molar-refractivity contribution is -0.136. The fraction of sp³-hybridized carbons (Fsp3) is 0.533. The molecule has 0 bridgehead atoms. The van der Waals surface area contributed by atoms with Crippen LogP contribution in [-0.4, -0.2) is 51.5 Å². The summed E-state index contributed by atoms with van der Waals surface area (Å²) < 4.78 is 8.31. The van der Waals surface area contributed by atoms with Crippen molar-refractivity contribution in [1.29, 1.82) is 0 Å². The van der Waals surface area contributed by atoms with Crippen molar-refractivity contribution in [3.05, 3.63) is 28.0 Å². The quantitative estimate of drug-likeness (QED) is 0.835. The molecule has 0 spiro atoms. The summed E-state index contributed by atoms with van der Waals surface area (Å²) in [6.07, 6.45) is 2.00. The van der Waals surface area contributed by atoms with E-state index in [0.29, 0.717) is 32.1 Å². The van der Waals surface area contributed by atoms with Crippen LogP contribution in [0.15, 0.2) is 22.3 Å². The average Bonchev–Trinajstić information content (AvgIpc) is 3.15. The van der Waals surface area contributed by atoms with Gasteiger partial charge < -0.3 is 9.64 Å². The molecule has 7 nitrogen and oxygen atoms in total. The molecule has 0 radical (unpaired) electrons. The van der Waals surface area contributed by atoms with E-state index in [1.165, 1.54) is 4.68 Å². The van der Waals surface area contributed by atoms with Crippen LogP contribution in [-0.2, 0) is 16.1 Å². The lowest BCUT2D eigenvalue weighted by Gasteiger charge is -2.26. The van der Waals surface area contributed by atoms with Crippen LogP contribution in [0.2, 0.25) is 0 Å². The third-order valence-electron chi connectivity index (χ3n) is 4.17. The summed E-state index contributed by atoms with van der Waals surface area (Å²) in [5.74, 6) is 0.607. The van der Waals surface area contributed by atoms with Crippen LogP contribution in [0.4, 0.5) is 0 Å². The number of thiophene rings is 1. The van der Waals surface area contributed by atoms with Crippen molar-refractivity contribution in [1.82, 2.24) is 19.2 Å². The summed E-state index contributed by atoms with van der Waals surface area (Å²) in [5.41, 5.74) is -0.183. The number of aromatic nitrogens is 3. The van der Waals surface area contributed by atoms with Gasteiger partial charge in [-0.3, -0.25) is 9.36 Å². The molecule has 23 heavy (non-hydrogen) atoms. The molecule has 2 aromatic heterocycles. The van der Waals surface area contributed by atoms with Gasteiger partial charge in [0.1, 0.15) is 6.54 Å². The van der Waals surface area contributed by atoms with E-state index in [1.54, 1.807) is 20.8 Å². The molecule has 8 heteroatoms. The Morgan fingerprint density at radius 2 is 2.13 bits per heavy atom. The van der Waals surface area contributed by atoms with Gasteiger partial charge in [0.25, 0.3) is 0 Å². The number of hydrogen-bond acceptors (Lipinski definition) is 5. The van der Waals surface area contributed by atoms with E-state index in [9.17, 15) is 9.59 Å². The van der Waals surface area contributed by atoms with Crippen LogP contribution < -0.4 is 5.69 Å². The molecule has 0 atom stereocenters. The van der Waals surface area contributed by atoms with Gasteiger partial charge in [-0.15, -0.1) is 16.4 Å². The molecule has 1 amide bonds. The summed E-state index contributed by atoms with van der Waals surface area (Å²) in [6, 6.07) is 4.13. The van der Waals surface area contributed by atoms with Gasteiger partial charge in [-0.1, -0.05) is 6.07 Å². The summed E-state index contributed by atoms with van der Waals surface area (Å²) in [4.78, 5) is 27.7. The summed E-state index contributed by atoms with van der Waals surface area (Å²) in [5, 5.41) is 6.41. The fourth-order valence-corrected chi connectivity index (χ4v) is 3.51. The summed E-state index contributed by atoms with van der Waals surface area (Å²) in [6.45, 7) is 2.26. The SMILES string of the molecule is O=C(Cn1nc(-c2cccs2)n(C2CC2)c1=O)N1CCOCC1. The number of carbonyl (C=O) groups is 1. The van der Waals surface area contributed by atoms with Crippen molar-refractivity contribution in [3.8, 4) is 10.7 Å². The number of hydrogen-bond donors (Lipinski definition) is 0. The van der Waals surface area contributed by atoms with Gasteiger partial charge in [0.15, 0.2) is 5.82 Å². The Morgan fingerprint density at radius 1 is 1.35 bits per heavy atom. The lowest BCUT2D eigenvalue weighted by Crippen LogP contribution is -2.43. The van der Waals surface area contributed by atoms with Crippen LogP contribution in [0, 0.1) is 0 Å². The van der Waals surface area contributed by atoms with Crippen molar-refractivity contribution in [2.75, 3.05) is 26.3 Å². The van der Waals surface area contributed by atoms with Gasteiger partial charge in [-0.2, -0.15) is 0 Å². The first kappa shape index (κ1) is 14.6. The molecule has 122 valence electrons. The maximum atomic E-state index is 12.7. The van der Waals surface area contributed by atoms with E-state index < -0.39 is 0 Å². The molecule has 0 N–H and O–H groups in total. The van der Waals surface area contributed by atoms with Gasteiger partial charge in [0.2, 0.25) is 5.91 Å². The van der Waals surface area contributed by atoms with Gasteiger partial charge in [0.05, 0.1) is 18.1 Å². The largest absolute Gasteiger partial charge is 0.378 e. The zero-order chi connectivity index (χ0) is 15.8. The first-order valence-electron chi connectivity index (χ1n) is 7.83. The number of rotatable bonds is 4. The Bertz CT molecular complexity index is 754. The molecule has 0 aromatic carbocycles. The fourth-order valence-electron chi connectivity index (χ4n) is 2.80. The second kappa shape index (κ2) is 5.93. The first-order valence-corrected chi connectivity index (χ1v) is 8.71. The van der Waals surface area contributed by atoms with Gasteiger partial charge >= 0.3 is 5.69 Å². The van der Waals surface area contributed by atoms with Gasteiger partial charge in [0, 0.05) is 19.1 Å². The molecule has 2 aromatic rings. The number of morpholine rings is 1. The minimum Gasteiger partial charge on any atom is -0.378 e. The molecule has 2 fully saturated rings. The topological polar surface area (TPSA) is 69.4 Å². The molecule has 1 saturated heterocycles. The number of carbonyl (C=O) groups excluding carboxylic acids is 1. The van der Waals surface area contributed by atoms with Crippen LogP contribution in [0.3, 0.4) is 0 Å². The van der Waals surface area contributed by atoms with Crippen molar-refractivity contribution in [2.45, 2.75) is 25.4 Å². The monoisotopic (exact) mass is 334 g/mol. The summed E-state index contributed by atoms with van der Waals surface area (Å²) in [7, 11) is 0. The Labute approximate surface area is 137 Å². The highest BCUT2D eigenvalue weighted by Gasteiger charge is 2.31. The van der Waals surface area contributed by atoms with Crippen molar-refractivity contribution in [2.24, 2.45) is 0 Å². The Kier molecular flexibility index (Phi) is 3.78. The van der Waals surface area contributed by atoms with Gasteiger partial charge in [-0.25, -0.2) is 9.48 Å². The van der Waals surface area contributed by atoms with E-state index in [4.69, 9.17) is 4.74 Å². The number of amides is 1. The Balaban J connectivity index is 1.62. The third kappa shape index (κ3) is 2.84. The van der Waals surface area contributed by atoms with Crippen molar-refractivity contribution in [3.63, 3.8) is 0 Å². The molecule has 0 unspecified atom stereocenters. The molecule has 1 saturated carbocycles. The van der Waals surface area contributed by atoms with Crippen LogP contribution in [0.5, 0.6) is 0 Å². The maximum absolute atomic E-state index is 12.7. The van der Waals surface area contributed by atoms with Crippen molar-refractivity contribution < 1.29 is 9.53 Å². The Morgan fingerprint density at radius 3 is 2.78 bits per heavy atom. The highest BCUT2D eigenvalue weighted by Crippen LogP contribution is 2.37. The predicted molar refractivity (Wildman–Crippen MR) is 85.5 cm³/mol. The molecule has 4 rings (SSSR count). The normalized spacial score (nSPS) is 18.3. The molecular formula is C15H18N4O3S. The van der Waals surface area contributed by atoms with Crippen LogP contribution in [0.1, 0.15) is 18.9 Å². The van der Waals surface area contributed by atoms with E-state index in [-0.39, 0.29) is 24.2 Å². The van der Waals surface area contributed by atoms with Gasteiger partial charge in [-0.05, 0) is 24.3 Å². The minimum absolute atomic E-state index is 0.00305. The lowest BCUT2D eigenvalue weighted by atomic mass is 10.4. The highest BCUT2D eigenvalue weighted by atomic mass is 32.1. The summed E-state index contributed by atoms with van der Waals surface area (Å²) >= 11 is 1.56. The molecule has 1 aliphatic carbocycles. The number of ether oxygens (including phenoxy) is 1. The molecular weight excluding hydrogens is 316 g/mol. The average molecular weight is 334 g/mol. The first-order chi connectivity index (χ1) is 11.2. The van der Waals surface area contributed by atoms with Crippen LogP contribution in [0.25, 0.3) is 10.7 Å². The molecule has 3 heterocycles. The zero-order valence-corrected chi connectivity index (χ0v) is 13.5. The predicted octanol–water partition coefficient (Wildman–Crippen LogP) is 0.967.